The Morgan fingerprint density at radius 2 is 1.13 bits per heavy atom. The molecule has 0 radical (unpaired) electrons. The highest BCUT2D eigenvalue weighted by atomic mass is 14.6. The average Bonchev–Trinajstić information content (AvgIpc) is 2.83. The van der Waals surface area contributed by atoms with Crippen molar-refractivity contribution in [1.82, 2.24) is 4.98 Å². The second-order valence-electron chi connectivity index (χ2n) is 7.68. The summed E-state index contributed by atoms with van der Waals surface area (Å²) in [7, 11) is 0. The number of fused-ring (bicyclic) bond motifs is 4. The first-order chi connectivity index (χ1) is 14.9. The molecule has 0 amide bonds. The van der Waals surface area contributed by atoms with Gasteiger partial charge in [-0.2, -0.15) is 0 Å². The zero-order chi connectivity index (χ0) is 19.9. The minimum absolute atomic E-state index is 1.03. The van der Waals surface area contributed by atoms with Crippen molar-refractivity contribution >= 4 is 32.4 Å². The van der Waals surface area contributed by atoms with E-state index in [0.717, 1.165) is 5.52 Å². The number of aromatic nitrogens is 1. The number of nitrogens with zero attached hydrogens (tertiary/aromatic N) is 1. The van der Waals surface area contributed by atoms with E-state index in [-0.39, 0.29) is 0 Å². The van der Waals surface area contributed by atoms with E-state index in [1.165, 1.54) is 49.2 Å². The molecule has 30 heavy (non-hydrogen) atoms. The third-order valence-corrected chi connectivity index (χ3v) is 5.88. The van der Waals surface area contributed by atoms with Crippen LogP contribution in [0.3, 0.4) is 0 Å². The Labute approximate surface area is 175 Å². The lowest BCUT2D eigenvalue weighted by atomic mass is 9.92. The first-order valence-electron chi connectivity index (χ1n) is 10.2. The Morgan fingerprint density at radius 1 is 0.433 bits per heavy atom. The fraction of sp³-hybridized carbons (Fsp3) is 0. The van der Waals surface area contributed by atoms with E-state index in [1.807, 2.05) is 12.3 Å². The lowest BCUT2D eigenvalue weighted by molar-refractivity contribution is 1.42. The zero-order valence-electron chi connectivity index (χ0n) is 16.4. The second-order valence-corrected chi connectivity index (χ2v) is 7.68. The molecule has 0 unspecified atom stereocenters. The molecule has 1 aromatic heterocycles. The van der Waals surface area contributed by atoms with Gasteiger partial charge in [-0.3, -0.25) is 4.98 Å². The van der Waals surface area contributed by atoms with Gasteiger partial charge in [0.05, 0.1) is 5.52 Å². The summed E-state index contributed by atoms with van der Waals surface area (Å²) in [5, 5.41) is 6.23. The van der Waals surface area contributed by atoms with Gasteiger partial charge in [0.25, 0.3) is 0 Å². The molecule has 0 bridgehead atoms. The monoisotopic (exact) mass is 381 g/mol. The first kappa shape index (κ1) is 16.9. The summed E-state index contributed by atoms with van der Waals surface area (Å²) >= 11 is 0. The molecule has 0 aliphatic carbocycles. The first-order valence-corrected chi connectivity index (χ1v) is 10.2. The van der Waals surface area contributed by atoms with Gasteiger partial charge in [0, 0.05) is 11.6 Å². The highest BCUT2D eigenvalue weighted by Crippen LogP contribution is 2.37. The van der Waals surface area contributed by atoms with Gasteiger partial charge in [0.15, 0.2) is 0 Å². The summed E-state index contributed by atoms with van der Waals surface area (Å²) in [4.78, 5) is 4.56. The van der Waals surface area contributed by atoms with Crippen molar-refractivity contribution in [2.45, 2.75) is 0 Å². The van der Waals surface area contributed by atoms with Crippen LogP contribution in [0.15, 0.2) is 115 Å². The Bertz CT molecular complexity index is 1510. The number of benzene rings is 5. The number of pyridine rings is 1. The van der Waals surface area contributed by atoms with E-state index in [9.17, 15) is 0 Å². The Hall–Kier alpha value is -3.97. The van der Waals surface area contributed by atoms with Gasteiger partial charge in [-0.25, -0.2) is 0 Å². The molecule has 0 atom stereocenters. The fourth-order valence-corrected chi connectivity index (χ4v) is 4.39. The molecule has 0 aliphatic rings. The number of rotatable bonds is 2. The Kier molecular flexibility index (Phi) is 3.85. The summed E-state index contributed by atoms with van der Waals surface area (Å²) in [5.74, 6) is 0. The maximum Gasteiger partial charge on any atom is 0.0708 e. The normalized spacial score (nSPS) is 11.3. The van der Waals surface area contributed by atoms with E-state index in [2.05, 4.69) is 108 Å². The van der Waals surface area contributed by atoms with Crippen LogP contribution in [0.25, 0.3) is 54.7 Å². The lowest BCUT2D eigenvalue weighted by Crippen LogP contribution is -1.87. The van der Waals surface area contributed by atoms with Crippen LogP contribution in [-0.2, 0) is 0 Å². The van der Waals surface area contributed by atoms with Crippen LogP contribution >= 0.6 is 0 Å². The van der Waals surface area contributed by atoms with Crippen LogP contribution in [0.4, 0.5) is 0 Å². The molecule has 0 fully saturated rings. The summed E-state index contributed by atoms with van der Waals surface area (Å²) < 4.78 is 0. The molecular formula is C29H19N. The van der Waals surface area contributed by atoms with E-state index < -0.39 is 0 Å². The van der Waals surface area contributed by atoms with E-state index in [4.69, 9.17) is 0 Å². The molecule has 0 N–H and O–H groups in total. The lowest BCUT2D eigenvalue weighted by Gasteiger charge is -2.12. The maximum absolute atomic E-state index is 4.56. The minimum Gasteiger partial charge on any atom is -0.256 e. The van der Waals surface area contributed by atoms with Crippen molar-refractivity contribution in [3.05, 3.63) is 115 Å². The molecule has 0 aliphatic heterocycles. The molecule has 1 heterocycles. The van der Waals surface area contributed by atoms with Gasteiger partial charge < -0.3 is 0 Å². The van der Waals surface area contributed by atoms with E-state index in [1.54, 1.807) is 0 Å². The smallest absolute Gasteiger partial charge is 0.0708 e. The zero-order valence-corrected chi connectivity index (χ0v) is 16.4. The molecule has 0 spiro atoms. The highest BCUT2D eigenvalue weighted by molar-refractivity contribution is 6.16. The summed E-state index contributed by atoms with van der Waals surface area (Å²) in [6.45, 7) is 0. The SMILES string of the molecule is c1ccc(-c2ccc(-c3cc4cc5ncccc5cc4c4ccccc34)cc2)cc1. The van der Waals surface area contributed by atoms with Crippen molar-refractivity contribution in [3.8, 4) is 22.3 Å². The second kappa shape index (κ2) is 6.82. The van der Waals surface area contributed by atoms with Gasteiger partial charge in [-0.15, -0.1) is 0 Å². The predicted octanol–water partition coefficient (Wildman–Crippen LogP) is 7.88. The predicted molar refractivity (Wildman–Crippen MR) is 128 cm³/mol. The van der Waals surface area contributed by atoms with Crippen molar-refractivity contribution in [1.29, 1.82) is 0 Å². The van der Waals surface area contributed by atoms with Crippen molar-refractivity contribution < 1.29 is 0 Å². The minimum atomic E-state index is 1.03. The molecule has 1 heteroatoms. The fourth-order valence-electron chi connectivity index (χ4n) is 4.39. The average molecular weight is 381 g/mol. The van der Waals surface area contributed by atoms with Crippen LogP contribution < -0.4 is 0 Å². The van der Waals surface area contributed by atoms with E-state index in [0.29, 0.717) is 0 Å². The van der Waals surface area contributed by atoms with Gasteiger partial charge >= 0.3 is 0 Å². The molecule has 1 nitrogen and oxygen atoms in total. The van der Waals surface area contributed by atoms with Crippen LogP contribution in [0.1, 0.15) is 0 Å². The van der Waals surface area contributed by atoms with Crippen LogP contribution in [0.5, 0.6) is 0 Å². The Morgan fingerprint density at radius 3 is 1.97 bits per heavy atom. The molecule has 5 aromatic carbocycles. The maximum atomic E-state index is 4.56. The topological polar surface area (TPSA) is 12.9 Å². The third kappa shape index (κ3) is 2.75. The van der Waals surface area contributed by atoms with Gasteiger partial charge in [-0.05, 0) is 68.1 Å². The molecule has 0 saturated carbocycles. The van der Waals surface area contributed by atoms with Gasteiger partial charge in [-0.1, -0.05) is 84.9 Å². The largest absolute Gasteiger partial charge is 0.256 e. The van der Waals surface area contributed by atoms with Gasteiger partial charge in [0.2, 0.25) is 0 Å². The Balaban J connectivity index is 1.59. The summed E-state index contributed by atoms with van der Waals surface area (Å²) in [6.07, 6.45) is 1.86. The molecular weight excluding hydrogens is 362 g/mol. The van der Waals surface area contributed by atoms with Crippen molar-refractivity contribution in [3.63, 3.8) is 0 Å². The van der Waals surface area contributed by atoms with Crippen molar-refractivity contribution in [2.75, 3.05) is 0 Å². The van der Waals surface area contributed by atoms with E-state index >= 15 is 0 Å². The molecule has 6 rings (SSSR count). The van der Waals surface area contributed by atoms with Crippen molar-refractivity contribution in [2.24, 2.45) is 0 Å². The van der Waals surface area contributed by atoms with Crippen LogP contribution in [-0.4, -0.2) is 4.98 Å². The summed E-state index contributed by atoms with van der Waals surface area (Å²) in [6, 6.07) is 39.0. The molecule has 140 valence electrons. The molecule has 6 aromatic rings. The number of hydrogen-bond donors (Lipinski definition) is 0. The quantitative estimate of drug-likeness (QED) is 0.220. The van der Waals surface area contributed by atoms with Gasteiger partial charge in [0.1, 0.15) is 0 Å². The highest BCUT2D eigenvalue weighted by Gasteiger charge is 2.10. The van der Waals surface area contributed by atoms with Crippen LogP contribution in [0, 0.1) is 0 Å². The van der Waals surface area contributed by atoms with Crippen LogP contribution in [0.2, 0.25) is 0 Å². The summed E-state index contributed by atoms with van der Waals surface area (Å²) in [5.41, 5.74) is 6.00. The third-order valence-electron chi connectivity index (χ3n) is 5.88. The number of hydrogen-bond acceptors (Lipinski definition) is 1. The standard InChI is InChI=1S/C29H19N/c1-2-7-20(8-3-1)21-12-14-22(15-13-21)27-18-24-19-29-23(9-6-16-30-29)17-28(24)26-11-5-4-10-25(26)27/h1-19H. The molecule has 0 saturated heterocycles.